The molecule has 0 atom stereocenters. The molecule has 0 spiro atoms. The van der Waals surface area contributed by atoms with E-state index in [0.29, 0.717) is 18.9 Å². The van der Waals surface area contributed by atoms with Gasteiger partial charge in [-0.05, 0) is 26.8 Å². The van der Waals surface area contributed by atoms with E-state index in [9.17, 15) is 9.90 Å². The fourth-order valence-corrected chi connectivity index (χ4v) is 1.54. The molecule has 0 aromatic carbocycles. The van der Waals surface area contributed by atoms with E-state index >= 15 is 0 Å². The summed E-state index contributed by atoms with van der Waals surface area (Å²) in [5.41, 5.74) is -0.841. The van der Waals surface area contributed by atoms with Gasteiger partial charge in [0.05, 0.1) is 12.7 Å². The third-order valence-corrected chi connectivity index (χ3v) is 2.29. The highest BCUT2D eigenvalue weighted by molar-refractivity contribution is 5.85. The second-order valence-electron chi connectivity index (χ2n) is 4.56. The lowest BCUT2D eigenvalue weighted by Gasteiger charge is -2.28. The summed E-state index contributed by atoms with van der Waals surface area (Å²) in [4.78, 5) is 21.2. The summed E-state index contributed by atoms with van der Waals surface area (Å²) in [5, 5.41) is 9.83. The Bertz CT molecular complexity index is 415. The summed E-state index contributed by atoms with van der Waals surface area (Å²) >= 11 is 0. The van der Waals surface area contributed by atoms with Crippen molar-refractivity contribution in [2.75, 3.05) is 25.1 Å². The molecule has 0 aliphatic heterocycles. The number of esters is 1. The van der Waals surface area contributed by atoms with Gasteiger partial charge in [-0.3, -0.25) is 0 Å². The first-order chi connectivity index (χ1) is 8.37. The normalized spacial score (nSPS) is 11.2. The maximum absolute atomic E-state index is 11.3. The molecule has 0 fully saturated rings. The number of aliphatic hydroxyl groups is 1. The third kappa shape index (κ3) is 3.96. The van der Waals surface area contributed by atoms with Gasteiger partial charge in [0, 0.05) is 19.3 Å². The lowest BCUT2D eigenvalue weighted by atomic mass is 10.1. The van der Waals surface area contributed by atoms with Crippen LogP contribution in [-0.4, -0.2) is 46.8 Å². The van der Waals surface area contributed by atoms with E-state index < -0.39 is 11.6 Å². The average molecular weight is 253 g/mol. The number of rotatable bonds is 5. The Morgan fingerprint density at radius 3 is 2.72 bits per heavy atom. The monoisotopic (exact) mass is 253 g/mol. The van der Waals surface area contributed by atoms with Gasteiger partial charge in [0.2, 0.25) is 5.82 Å². The maximum atomic E-state index is 11.3. The molecule has 0 radical (unpaired) electrons. The molecule has 6 nitrogen and oxygen atoms in total. The highest BCUT2D eigenvalue weighted by atomic mass is 16.5. The Labute approximate surface area is 107 Å². The molecule has 1 aromatic rings. The molecule has 0 aliphatic rings. The zero-order chi connectivity index (χ0) is 13.8. The first kappa shape index (κ1) is 14.4. The lowest BCUT2D eigenvalue weighted by Crippen LogP contribution is -2.39. The average Bonchev–Trinajstić information content (AvgIpc) is 2.34. The first-order valence-electron chi connectivity index (χ1n) is 5.76. The van der Waals surface area contributed by atoms with Gasteiger partial charge in [-0.25, -0.2) is 14.8 Å². The number of carbonyl (C=O) groups excluding carboxylic acids is 1. The van der Waals surface area contributed by atoms with E-state index in [-0.39, 0.29) is 5.82 Å². The van der Waals surface area contributed by atoms with Gasteiger partial charge in [0.15, 0.2) is 0 Å². The highest BCUT2D eigenvalue weighted by Gasteiger charge is 2.19. The first-order valence-corrected chi connectivity index (χ1v) is 5.76. The van der Waals surface area contributed by atoms with Crippen LogP contribution in [0.5, 0.6) is 0 Å². The molecule has 0 aliphatic carbocycles. The van der Waals surface area contributed by atoms with Crippen LogP contribution in [0.2, 0.25) is 0 Å². The number of likely N-dealkylation sites (N-methyl/N-ethyl adjacent to an activating group) is 1. The Morgan fingerprint density at radius 2 is 2.22 bits per heavy atom. The maximum Gasteiger partial charge on any atom is 0.376 e. The summed E-state index contributed by atoms with van der Waals surface area (Å²) in [5.74, 6) is 0.0374. The summed E-state index contributed by atoms with van der Waals surface area (Å²) in [6, 6.07) is 1.70. The summed E-state index contributed by atoms with van der Waals surface area (Å²) in [6.45, 7) is 6.48. The van der Waals surface area contributed by atoms with Crippen molar-refractivity contribution >= 4 is 11.8 Å². The number of anilines is 1. The van der Waals surface area contributed by atoms with Crippen molar-refractivity contribution < 1.29 is 14.6 Å². The molecule has 1 rings (SSSR count). The quantitative estimate of drug-likeness (QED) is 0.784. The van der Waals surface area contributed by atoms with Crippen molar-refractivity contribution in [1.29, 1.82) is 0 Å². The van der Waals surface area contributed by atoms with Crippen LogP contribution in [0.15, 0.2) is 12.3 Å². The zero-order valence-corrected chi connectivity index (χ0v) is 11.2. The second-order valence-corrected chi connectivity index (χ2v) is 4.56. The topological polar surface area (TPSA) is 75.5 Å². The van der Waals surface area contributed by atoms with Gasteiger partial charge in [0.25, 0.3) is 0 Å². The number of methoxy groups -OCH3 is 1. The lowest BCUT2D eigenvalue weighted by molar-refractivity contribution is 0.0587. The van der Waals surface area contributed by atoms with Crippen LogP contribution in [0.25, 0.3) is 0 Å². The molecule has 0 amide bonds. The molecule has 0 unspecified atom stereocenters. The van der Waals surface area contributed by atoms with Gasteiger partial charge in [-0.15, -0.1) is 0 Å². The summed E-state index contributed by atoms with van der Waals surface area (Å²) in [6.07, 6.45) is 1.50. The Kier molecular flexibility index (Phi) is 4.61. The Balaban J connectivity index is 2.96. The van der Waals surface area contributed by atoms with Crippen molar-refractivity contribution in [1.82, 2.24) is 9.97 Å². The van der Waals surface area contributed by atoms with Crippen LogP contribution >= 0.6 is 0 Å². The Morgan fingerprint density at radius 1 is 1.56 bits per heavy atom. The van der Waals surface area contributed by atoms with Crippen LogP contribution in [0.1, 0.15) is 31.4 Å². The molecule has 1 aromatic heterocycles. The minimum Gasteiger partial charge on any atom is -0.463 e. The van der Waals surface area contributed by atoms with E-state index in [4.69, 9.17) is 0 Å². The SMILES string of the molecule is CCN(CC(C)(C)O)c1ccnc(C(=O)OC)n1. The molecular formula is C12H19N3O3. The van der Waals surface area contributed by atoms with Gasteiger partial charge in [0.1, 0.15) is 5.82 Å². The zero-order valence-electron chi connectivity index (χ0n) is 11.2. The van der Waals surface area contributed by atoms with Gasteiger partial charge in [-0.1, -0.05) is 0 Å². The van der Waals surface area contributed by atoms with Crippen molar-refractivity contribution in [3.63, 3.8) is 0 Å². The largest absolute Gasteiger partial charge is 0.463 e. The number of hydrogen-bond acceptors (Lipinski definition) is 6. The molecule has 18 heavy (non-hydrogen) atoms. The van der Waals surface area contributed by atoms with Gasteiger partial charge in [-0.2, -0.15) is 0 Å². The van der Waals surface area contributed by atoms with Crippen LogP contribution in [0, 0.1) is 0 Å². The predicted molar refractivity (Wildman–Crippen MR) is 67.6 cm³/mol. The second kappa shape index (κ2) is 5.77. The molecular weight excluding hydrogens is 234 g/mol. The number of carbonyl (C=O) groups is 1. The van der Waals surface area contributed by atoms with E-state index in [1.807, 2.05) is 11.8 Å². The van der Waals surface area contributed by atoms with Crippen molar-refractivity contribution in [3.8, 4) is 0 Å². The Hall–Kier alpha value is -1.69. The molecule has 1 heterocycles. The third-order valence-electron chi connectivity index (χ3n) is 2.29. The van der Waals surface area contributed by atoms with E-state index in [0.717, 1.165) is 0 Å². The molecule has 6 heteroatoms. The van der Waals surface area contributed by atoms with Gasteiger partial charge >= 0.3 is 5.97 Å². The summed E-state index contributed by atoms with van der Waals surface area (Å²) in [7, 11) is 1.28. The molecule has 1 N–H and O–H groups in total. The standard InChI is InChI=1S/C12H19N3O3/c1-5-15(8-12(2,3)17)9-6-7-13-10(14-9)11(16)18-4/h6-7,17H,5,8H2,1-4H3. The highest BCUT2D eigenvalue weighted by Crippen LogP contribution is 2.14. The molecule has 0 saturated carbocycles. The van der Waals surface area contributed by atoms with Gasteiger partial charge < -0.3 is 14.7 Å². The smallest absolute Gasteiger partial charge is 0.376 e. The number of ether oxygens (including phenoxy) is 1. The number of hydrogen-bond donors (Lipinski definition) is 1. The fraction of sp³-hybridized carbons (Fsp3) is 0.583. The summed E-state index contributed by atoms with van der Waals surface area (Å²) < 4.78 is 4.57. The van der Waals surface area contributed by atoms with E-state index in [2.05, 4.69) is 14.7 Å². The molecule has 0 saturated heterocycles. The van der Waals surface area contributed by atoms with Crippen molar-refractivity contribution in [2.24, 2.45) is 0 Å². The van der Waals surface area contributed by atoms with E-state index in [1.165, 1.54) is 13.3 Å². The van der Waals surface area contributed by atoms with Crippen LogP contribution in [-0.2, 0) is 4.74 Å². The van der Waals surface area contributed by atoms with Crippen LogP contribution < -0.4 is 4.90 Å². The van der Waals surface area contributed by atoms with Crippen LogP contribution in [0.3, 0.4) is 0 Å². The minimum atomic E-state index is -0.841. The molecule has 0 bridgehead atoms. The van der Waals surface area contributed by atoms with Crippen molar-refractivity contribution in [3.05, 3.63) is 18.1 Å². The predicted octanol–water partition coefficient (Wildman–Crippen LogP) is 0.860. The number of nitrogens with zero attached hydrogens (tertiary/aromatic N) is 3. The minimum absolute atomic E-state index is 0.0178. The van der Waals surface area contributed by atoms with Crippen molar-refractivity contribution in [2.45, 2.75) is 26.4 Å². The fourth-order valence-electron chi connectivity index (χ4n) is 1.54. The van der Waals surface area contributed by atoms with E-state index in [1.54, 1.807) is 19.9 Å². The molecule has 100 valence electrons. The van der Waals surface area contributed by atoms with Crippen LogP contribution in [0.4, 0.5) is 5.82 Å². The number of aromatic nitrogens is 2.